The molecule has 1 aromatic carbocycles. The molecular weight excluding hydrogens is 278 g/mol. The second-order valence-electron chi connectivity index (χ2n) is 5.55. The Labute approximate surface area is 124 Å². The van der Waals surface area contributed by atoms with Crippen LogP contribution in [0.15, 0.2) is 30.3 Å². The van der Waals surface area contributed by atoms with Crippen molar-refractivity contribution in [2.75, 3.05) is 13.7 Å². The molecule has 3 nitrogen and oxygen atoms in total. The van der Waals surface area contributed by atoms with Crippen LogP contribution < -0.4 is 0 Å². The van der Waals surface area contributed by atoms with Crippen molar-refractivity contribution in [2.45, 2.75) is 38.8 Å². The minimum Gasteiger partial charge on any atom is -0.374 e. The van der Waals surface area contributed by atoms with Crippen LogP contribution in [0.5, 0.6) is 0 Å². The Morgan fingerprint density at radius 3 is 2.48 bits per heavy atom. The Kier molecular flexibility index (Phi) is 5.30. The molecule has 0 spiro atoms. The van der Waals surface area contributed by atoms with Crippen LogP contribution in [0.1, 0.15) is 19.4 Å². The zero-order valence-corrected chi connectivity index (χ0v) is 12.6. The molecule has 1 aliphatic rings. The van der Waals surface area contributed by atoms with Gasteiger partial charge in [0.05, 0.1) is 13.2 Å². The molecule has 0 saturated carbocycles. The van der Waals surface area contributed by atoms with Crippen molar-refractivity contribution in [2.24, 2.45) is 11.8 Å². The lowest BCUT2D eigenvalue weighted by Gasteiger charge is -2.43. The second kappa shape index (κ2) is 6.81. The third-order valence-corrected chi connectivity index (χ3v) is 4.17. The van der Waals surface area contributed by atoms with Gasteiger partial charge in [-0.2, -0.15) is 0 Å². The first-order valence-electron chi connectivity index (χ1n) is 7.14. The summed E-state index contributed by atoms with van der Waals surface area (Å²) in [6.07, 6.45) is -1.90. The number of hydrogen-bond acceptors (Lipinski definition) is 3. The molecule has 1 saturated heterocycles. The summed E-state index contributed by atoms with van der Waals surface area (Å²) in [7, 11) is 1.47. The van der Waals surface area contributed by atoms with Gasteiger partial charge in [0, 0.05) is 18.9 Å². The zero-order chi connectivity index (χ0) is 15.5. The minimum absolute atomic E-state index is 0.154. The molecule has 5 heteroatoms. The van der Waals surface area contributed by atoms with Crippen LogP contribution in [-0.4, -0.2) is 32.0 Å². The van der Waals surface area contributed by atoms with Crippen LogP contribution in [-0.2, 0) is 20.8 Å². The maximum atomic E-state index is 14.3. The molecule has 1 heterocycles. The van der Waals surface area contributed by atoms with Crippen LogP contribution in [0.3, 0.4) is 0 Å². The van der Waals surface area contributed by atoms with E-state index in [-0.39, 0.29) is 12.5 Å². The lowest BCUT2D eigenvalue weighted by molar-refractivity contribution is -0.312. The molecule has 2 rings (SSSR count). The van der Waals surface area contributed by atoms with Gasteiger partial charge in [-0.15, -0.1) is 0 Å². The highest BCUT2D eigenvalue weighted by molar-refractivity contribution is 5.13. The Hall–Kier alpha value is -1.04. The first-order chi connectivity index (χ1) is 9.96. The summed E-state index contributed by atoms with van der Waals surface area (Å²) >= 11 is 0. The molecule has 1 aliphatic heterocycles. The third kappa shape index (κ3) is 3.59. The Balaban J connectivity index is 1.94. The highest BCUT2D eigenvalue weighted by atomic mass is 19.3. The summed E-state index contributed by atoms with van der Waals surface area (Å²) < 4.78 is 44.5. The van der Waals surface area contributed by atoms with Gasteiger partial charge in [0.2, 0.25) is 0 Å². The highest BCUT2D eigenvalue weighted by Crippen LogP contribution is 2.42. The summed E-state index contributed by atoms with van der Waals surface area (Å²) in [6, 6.07) is 9.45. The normalized spacial score (nSPS) is 32.0. The van der Waals surface area contributed by atoms with E-state index in [1.165, 1.54) is 14.0 Å². The molecule has 1 aromatic rings. The topological polar surface area (TPSA) is 27.7 Å². The van der Waals surface area contributed by atoms with Crippen LogP contribution in [0.25, 0.3) is 0 Å². The maximum absolute atomic E-state index is 14.3. The number of benzene rings is 1. The van der Waals surface area contributed by atoms with Gasteiger partial charge in [0.1, 0.15) is 6.10 Å². The van der Waals surface area contributed by atoms with Gasteiger partial charge >= 0.3 is 0 Å². The fourth-order valence-corrected chi connectivity index (χ4v) is 2.53. The average Bonchev–Trinajstić information content (AvgIpc) is 2.49. The number of hydrogen-bond donors (Lipinski definition) is 0. The first-order valence-corrected chi connectivity index (χ1v) is 7.14. The summed E-state index contributed by atoms with van der Waals surface area (Å²) in [4.78, 5) is 0. The van der Waals surface area contributed by atoms with Crippen molar-refractivity contribution < 1.29 is 23.0 Å². The molecule has 1 fully saturated rings. The van der Waals surface area contributed by atoms with Gasteiger partial charge in [-0.25, -0.2) is 8.78 Å². The standard InChI is InChI=1S/C16H22F2O3/c1-11-12(2)16(17,18)14(21-15(11)19-3)10-20-9-13-7-5-4-6-8-13/h4-8,11-12,14-15H,9-10H2,1-3H3. The molecule has 0 radical (unpaired) electrons. The fraction of sp³-hybridized carbons (Fsp3) is 0.625. The monoisotopic (exact) mass is 300 g/mol. The molecule has 0 bridgehead atoms. The van der Waals surface area contributed by atoms with E-state index in [9.17, 15) is 8.78 Å². The Morgan fingerprint density at radius 2 is 1.86 bits per heavy atom. The Morgan fingerprint density at radius 1 is 1.19 bits per heavy atom. The van der Waals surface area contributed by atoms with Crippen LogP contribution in [0, 0.1) is 11.8 Å². The first kappa shape index (κ1) is 16.3. The van der Waals surface area contributed by atoms with Crippen molar-refractivity contribution in [3.05, 3.63) is 35.9 Å². The van der Waals surface area contributed by atoms with E-state index >= 15 is 0 Å². The number of rotatable bonds is 5. The second-order valence-corrected chi connectivity index (χ2v) is 5.55. The summed E-state index contributed by atoms with van der Waals surface area (Å²) in [5.41, 5.74) is 0.946. The van der Waals surface area contributed by atoms with Gasteiger partial charge in [-0.3, -0.25) is 0 Å². The van der Waals surface area contributed by atoms with Crippen molar-refractivity contribution in [1.82, 2.24) is 0 Å². The quantitative estimate of drug-likeness (QED) is 0.833. The number of methoxy groups -OCH3 is 1. The predicted molar refractivity (Wildman–Crippen MR) is 75.0 cm³/mol. The van der Waals surface area contributed by atoms with Crippen LogP contribution >= 0.6 is 0 Å². The molecule has 118 valence electrons. The zero-order valence-electron chi connectivity index (χ0n) is 12.6. The number of halogens is 2. The molecular formula is C16H22F2O3. The van der Waals surface area contributed by atoms with Gasteiger partial charge in [-0.05, 0) is 5.56 Å². The van der Waals surface area contributed by atoms with E-state index in [0.29, 0.717) is 6.61 Å². The lowest BCUT2D eigenvalue weighted by Crippen LogP contribution is -2.56. The number of alkyl halides is 2. The molecule has 0 aromatic heterocycles. The smallest absolute Gasteiger partial charge is 0.279 e. The average molecular weight is 300 g/mol. The van der Waals surface area contributed by atoms with E-state index < -0.39 is 24.2 Å². The van der Waals surface area contributed by atoms with Crippen LogP contribution in [0.4, 0.5) is 8.78 Å². The highest BCUT2D eigenvalue weighted by Gasteiger charge is 2.54. The van der Waals surface area contributed by atoms with Crippen molar-refractivity contribution in [3.8, 4) is 0 Å². The van der Waals surface area contributed by atoms with E-state index in [2.05, 4.69) is 0 Å². The van der Waals surface area contributed by atoms with Gasteiger partial charge in [-0.1, -0.05) is 44.2 Å². The maximum Gasteiger partial charge on any atom is 0.279 e. The molecule has 4 unspecified atom stereocenters. The van der Waals surface area contributed by atoms with Gasteiger partial charge in [0.25, 0.3) is 5.92 Å². The summed E-state index contributed by atoms with van der Waals surface area (Å²) in [6.45, 7) is 3.38. The van der Waals surface area contributed by atoms with E-state index in [1.54, 1.807) is 6.92 Å². The van der Waals surface area contributed by atoms with E-state index in [4.69, 9.17) is 14.2 Å². The summed E-state index contributed by atoms with van der Waals surface area (Å²) in [5, 5.41) is 0. The van der Waals surface area contributed by atoms with Crippen molar-refractivity contribution >= 4 is 0 Å². The SMILES string of the molecule is COC1OC(COCc2ccccc2)C(F)(F)C(C)C1C. The molecule has 4 atom stereocenters. The molecule has 0 aliphatic carbocycles. The number of ether oxygens (including phenoxy) is 3. The van der Waals surface area contributed by atoms with Gasteiger partial charge in [0.15, 0.2) is 6.29 Å². The van der Waals surface area contributed by atoms with E-state index in [0.717, 1.165) is 5.56 Å². The summed E-state index contributed by atoms with van der Waals surface area (Å²) in [5.74, 6) is -4.11. The molecule has 21 heavy (non-hydrogen) atoms. The Bertz CT molecular complexity index is 438. The van der Waals surface area contributed by atoms with Crippen molar-refractivity contribution in [1.29, 1.82) is 0 Å². The molecule has 0 N–H and O–H groups in total. The molecule has 0 amide bonds. The largest absolute Gasteiger partial charge is 0.374 e. The van der Waals surface area contributed by atoms with E-state index in [1.807, 2.05) is 30.3 Å². The van der Waals surface area contributed by atoms with Crippen LogP contribution in [0.2, 0.25) is 0 Å². The third-order valence-electron chi connectivity index (χ3n) is 4.17. The van der Waals surface area contributed by atoms with Crippen molar-refractivity contribution in [3.63, 3.8) is 0 Å². The lowest BCUT2D eigenvalue weighted by atomic mass is 9.84. The minimum atomic E-state index is -2.93. The van der Waals surface area contributed by atoms with Gasteiger partial charge < -0.3 is 14.2 Å². The predicted octanol–water partition coefficient (Wildman–Crippen LogP) is 3.48. The fourth-order valence-electron chi connectivity index (χ4n) is 2.53.